The number of aliphatic hydroxyl groups is 3. The molecule has 0 aromatic heterocycles. The van der Waals surface area contributed by atoms with E-state index in [0.29, 0.717) is 51.4 Å². The molecule has 546 valence electrons. The van der Waals surface area contributed by atoms with E-state index >= 15 is 0 Å². The topological polar surface area (TPSA) is 226 Å². The highest BCUT2D eigenvalue weighted by atomic mass is 16.6. The molecule has 4 rings (SSSR count). The van der Waals surface area contributed by atoms with Crippen LogP contribution >= 0.6 is 0 Å². The Bertz CT molecular complexity index is 2370. The maximum absolute atomic E-state index is 13.6. The van der Waals surface area contributed by atoms with Gasteiger partial charge in [0.25, 0.3) is 0 Å². The number of carbonyl (C=O) groups is 7. The molecule has 9 unspecified atom stereocenters. The highest BCUT2D eigenvalue weighted by Gasteiger charge is 2.64. The van der Waals surface area contributed by atoms with Crippen molar-refractivity contribution in [3.05, 3.63) is 60.3 Å². The minimum Gasteiger partial charge on any atom is -0.462 e. The van der Waals surface area contributed by atoms with Gasteiger partial charge in [0.1, 0.15) is 25.9 Å². The molecule has 4 aliphatic rings. The van der Waals surface area contributed by atoms with Crippen LogP contribution in [0.5, 0.6) is 0 Å². The van der Waals surface area contributed by atoms with Crippen LogP contribution in [0, 0.1) is 29.1 Å². The first-order valence-electron chi connectivity index (χ1n) is 38.9. The van der Waals surface area contributed by atoms with Crippen LogP contribution in [0.2, 0.25) is 0 Å². The Labute approximate surface area is 580 Å². The molecule has 96 heavy (non-hydrogen) atoms. The lowest BCUT2D eigenvalue weighted by atomic mass is 9.49. The summed E-state index contributed by atoms with van der Waals surface area (Å²) in [7, 11) is 0. The summed E-state index contributed by atoms with van der Waals surface area (Å²) >= 11 is 0. The zero-order chi connectivity index (χ0) is 69.5. The predicted molar refractivity (Wildman–Crippen MR) is 380 cm³/mol. The largest absolute Gasteiger partial charge is 0.462 e. The lowest BCUT2D eigenvalue weighted by molar-refractivity contribution is -0.176. The summed E-state index contributed by atoms with van der Waals surface area (Å²) < 4.78 is 28.2. The van der Waals surface area contributed by atoms with Crippen LogP contribution in [-0.2, 0) is 57.2 Å². The summed E-state index contributed by atoms with van der Waals surface area (Å²) in [5.74, 6) is -3.92. The molecule has 0 saturated heterocycles. The van der Waals surface area contributed by atoms with Crippen molar-refractivity contribution in [2.45, 2.75) is 359 Å². The summed E-state index contributed by atoms with van der Waals surface area (Å²) in [5, 5.41) is 33.9. The fourth-order valence-corrected chi connectivity index (χ4v) is 15.2. The molecule has 0 aromatic carbocycles. The second-order valence-electron chi connectivity index (χ2n) is 28.8. The van der Waals surface area contributed by atoms with Gasteiger partial charge in [0.05, 0.1) is 36.6 Å². The van der Waals surface area contributed by atoms with Crippen LogP contribution in [0.1, 0.15) is 329 Å². The third-order valence-electron chi connectivity index (χ3n) is 20.8. The lowest BCUT2D eigenvalue weighted by Crippen LogP contribution is -2.60. The van der Waals surface area contributed by atoms with Crippen LogP contribution < -0.4 is 0 Å². The predicted octanol–water partition coefficient (Wildman–Crippen LogP) is 18.1. The van der Waals surface area contributed by atoms with Gasteiger partial charge in [0.15, 0.2) is 17.7 Å². The Hall–Kier alpha value is -4.73. The van der Waals surface area contributed by atoms with E-state index in [9.17, 15) is 48.9 Å². The number of hydrogen-bond donors (Lipinski definition) is 3. The van der Waals surface area contributed by atoms with Crippen molar-refractivity contribution in [2.24, 2.45) is 29.1 Å². The molecule has 10 atom stereocenters. The maximum Gasteiger partial charge on any atom is 0.306 e. The minimum absolute atomic E-state index is 0.0248. The fourth-order valence-electron chi connectivity index (χ4n) is 15.2. The Morgan fingerprint density at radius 1 is 0.521 bits per heavy atom. The van der Waals surface area contributed by atoms with E-state index < -0.39 is 53.7 Å². The van der Waals surface area contributed by atoms with Crippen LogP contribution in [0.3, 0.4) is 0 Å². The van der Waals surface area contributed by atoms with Crippen molar-refractivity contribution in [2.75, 3.05) is 19.8 Å². The van der Waals surface area contributed by atoms with E-state index in [1.54, 1.807) is 12.2 Å². The molecule has 15 heteroatoms. The molecule has 3 N–H and O–H groups in total. The van der Waals surface area contributed by atoms with E-state index in [2.05, 4.69) is 64.2 Å². The smallest absolute Gasteiger partial charge is 0.306 e. The Morgan fingerprint density at radius 3 is 1.53 bits per heavy atom. The SMILES string of the molecule is CCCCCCCC/C=C\CCCCCCCC(=O)OCC(COC(=O)CCCCCCC/C=C\C[C@H](O)CCCCCC)OC(=O)CCCCCCC/C=C\CC(CCCCCC)OC(=O)CCC(=O)OCC(=O)C1CCC2C3CCC4=CC(=O)C=CC4(C)C3C(O)CC12O. The number of carbonyl (C=O) groups excluding carboxylic acids is 7. The van der Waals surface area contributed by atoms with Crippen molar-refractivity contribution in [1.82, 2.24) is 0 Å². The van der Waals surface area contributed by atoms with E-state index in [4.69, 9.17) is 23.7 Å². The summed E-state index contributed by atoms with van der Waals surface area (Å²) in [4.78, 5) is 90.5. The van der Waals surface area contributed by atoms with Crippen molar-refractivity contribution >= 4 is 41.4 Å². The standard InChI is InChI=1S/C81H132O15/c1-5-8-11-14-15-16-17-18-19-20-21-22-29-34-41-48-74(86)92-61-68(62-93-75(87)49-42-35-30-25-23-27-32-38-45-65(82)44-37-12-9-6-2)96-77(89)50-43-36-31-26-24-28-33-40-47-67(46-39-13-10-7-3)95-78(90)56-55-76(88)94-63-73(85)71-54-53-70-69-52-51-64-59-66(83)57-58-80(64,4)79(69)72(84)60-81(70,71)91/h18-19,32-33,38,40,57-59,65,67-72,79,82,84,91H,5-17,20-31,34-37,39,41-56,60-63H2,1-4H3/b19-18-,38-32-,40-33-/t65-,67?,68?,69?,70?,71?,72?,79?,80?,81?/m1/s1. The number of hydrogen-bond acceptors (Lipinski definition) is 15. The number of fused-ring (bicyclic) bond motifs is 5. The monoisotopic (exact) mass is 1340 g/mol. The average molecular weight is 1350 g/mol. The molecule has 0 heterocycles. The van der Waals surface area contributed by atoms with Crippen LogP contribution in [0.25, 0.3) is 0 Å². The number of allylic oxidation sites excluding steroid dienone is 8. The van der Waals surface area contributed by atoms with Gasteiger partial charge in [-0.15, -0.1) is 0 Å². The molecule has 0 radical (unpaired) electrons. The molecule has 15 nitrogen and oxygen atoms in total. The first-order valence-corrected chi connectivity index (χ1v) is 38.9. The van der Waals surface area contributed by atoms with Crippen LogP contribution in [0.15, 0.2) is 60.3 Å². The highest BCUT2D eigenvalue weighted by Crippen LogP contribution is 2.63. The van der Waals surface area contributed by atoms with Crippen molar-refractivity contribution < 1.29 is 72.6 Å². The van der Waals surface area contributed by atoms with Crippen LogP contribution in [-0.4, -0.2) is 107 Å². The first kappa shape index (κ1) is 83.7. The quantitative estimate of drug-likeness (QED) is 0.0223. The first-order chi connectivity index (χ1) is 46.5. The summed E-state index contributed by atoms with van der Waals surface area (Å²) in [6.45, 7) is 7.80. The zero-order valence-corrected chi connectivity index (χ0v) is 60.4. The Balaban J connectivity index is 1.10. The molecule has 3 saturated carbocycles. The van der Waals surface area contributed by atoms with E-state index in [1.165, 1.54) is 64.2 Å². The molecular formula is C81H132O15. The zero-order valence-electron chi connectivity index (χ0n) is 60.4. The lowest BCUT2D eigenvalue weighted by Gasteiger charge is -2.57. The van der Waals surface area contributed by atoms with Gasteiger partial charge in [-0.05, 0) is 146 Å². The van der Waals surface area contributed by atoms with Crippen LogP contribution in [0.4, 0.5) is 0 Å². The van der Waals surface area contributed by atoms with Gasteiger partial charge >= 0.3 is 29.8 Å². The molecule has 0 amide bonds. The fraction of sp³-hybridized carbons (Fsp3) is 0.790. The molecule has 3 fully saturated rings. The van der Waals surface area contributed by atoms with Gasteiger partial charge in [0.2, 0.25) is 0 Å². The van der Waals surface area contributed by atoms with Crippen molar-refractivity contribution in [3.8, 4) is 0 Å². The number of unbranched alkanes of at least 4 members (excludes halogenated alkanes) is 27. The number of Topliss-reactive ketones (excluding diaryl/α,β-unsaturated/α-hetero) is 1. The van der Waals surface area contributed by atoms with Gasteiger partial charge in [-0.2, -0.15) is 0 Å². The third-order valence-corrected chi connectivity index (χ3v) is 20.8. The number of aliphatic hydroxyl groups excluding tert-OH is 2. The van der Waals surface area contributed by atoms with E-state index in [0.717, 1.165) is 153 Å². The molecule has 4 aliphatic carbocycles. The maximum atomic E-state index is 13.6. The van der Waals surface area contributed by atoms with Gasteiger partial charge in [0, 0.05) is 43.4 Å². The van der Waals surface area contributed by atoms with Gasteiger partial charge in [-0.3, -0.25) is 33.6 Å². The normalized spacial score (nSPS) is 22.3. The second-order valence-corrected chi connectivity index (χ2v) is 28.8. The van der Waals surface area contributed by atoms with E-state index in [-0.39, 0.29) is 105 Å². The highest BCUT2D eigenvalue weighted by molar-refractivity contribution is 6.01. The minimum atomic E-state index is -1.42. The second kappa shape index (κ2) is 50.6. The Morgan fingerprint density at radius 2 is 0.969 bits per heavy atom. The third kappa shape index (κ3) is 33.9. The van der Waals surface area contributed by atoms with Crippen molar-refractivity contribution in [3.63, 3.8) is 0 Å². The number of ether oxygens (including phenoxy) is 5. The molecular weight excluding hydrogens is 1210 g/mol. The molecule has 0 aromatic rings. The molecule has 0 aliphatic heterocycles. The number of ketones is 2. The molecule has 0 spiro atoms. The summed E-state index contributed by atoms with van der Waals surface area (Å²) in [5.41, 5.74) is -0.888. The summed E-state index contributed by atoms with van der Waals surface area (Å²) in [6.07, 6.45) is 56.5. The van der Waals surface area contributed by atoms with Gasteiger partial charge in [-0.1, -0.05) is 211 Å². The van der Waals surface area contributed by atoms with Crippen molar-refractivity contribution in [1.29, 1.82) is 0 Å². The van der Waals surface area contributed by atoms with E-state index in [1.807, 2.05) is 6.08 Å². The van der Waals surface area contributed by atoms with Gasteiger partial charge in [-0.25, -0.2) is 0 Å². The number of rotatable bonds is 57. The summed E-state index contributed by atoms with van der Waals surface area (Å²) in [6, 6.07) is 0. The molecule has 0 bridgehead atoms. The number of esters is 5. The Kier molecular flexibility index (Phi) is 44.1. The van der Waals surface area contributed by atoms with Gasteiger partial charge < -0.3 is 39.0 Å². The average Bonchev–Trinajstić information content (AvgIpc) is 1.35.